The molecule has 0 saturated heterocycles. The normalized spacial score (nSPS) is 13.2. The van der Waals surface area contributed by atoms with Crippen LogP contribution in [0.3, 0.4) is 0 Å². The van der Waals surface area contributed by atoms with E-state index in [2.05, 4.69) is 25.9 Å². The number of carbonyl (C=O) groups is 2. The van der Waals surface area contributed by atoms with Gasteiger partial charge in [-0.25, -0.2) is 19.2 Å². The minimum atomic E-state index is -4.70. The van der Waals surface area contributed by atoms with Crippen LogP contribution in [-0.2, 0) is 11.0 Å². The fourth-order valence-electron chi connectivity index (χ4n) is 3.12. The fraction of sp³-hybridized carbons (Fsp3) is 0.217. The number of anilines is 3. The molecule has 2 aromatic carbocycles. The summed E-state index contributed by atoms with van der Waals surface area (Å²) >= 11 is 5.58. The van der Waals surface area contributed by atoms with Crippen LogP contribution in [0.4, 0.5) is 39.5 Å². The first-order valence-electron chi connectivity index (χ1n) is 10.6. The fourth-order valence-corrected chi connectivity index (χ4v) is 3.35. The Bertz CT molecular complexity index is 1330. The van der Waals surface area contributed by atoms with Crippen LogP contribution >= 0.6 is 11.6 Å². The second kappa shape index (κ2) is 9.97. The summed E-state index contributed by atoms with van der Waals surface area (Å²) in [5, 5.41) is 6.75. The van der Waals surface area contributed by atoms with E-state index in [0.717, 1.165) is 31.3 Å². The third-order valence-corrected chi connectivity index (χ3v) is 5.44. The first kappa shape index (κ1) is 25.2. The van der Waals surface area contributed by atoms with Crippen LogP contribution in [0.15, 0.2) is 42.7 Å². The van der Waals surface area contributed by atoms with Gasteiger partial charge in [0.25, 0.3) is 0 Å². The lowest BCUT2D eigenvalue weighted by Crippen LogP contribution is -2.20. The van der Waals surface area contributed by atoms with Gasteiger partial charge in [0.05, 0.1) is 10.6 Å². The van der Waals surface area contributed by atoms with Crippen LogP contribution in [0.25, 0.3) is 0 Å². The largest absolute Gasteiger partial charge is 0.436 e. The summed E-state index contributed by atoms with van der Waals surface area (Å²) in [4.78, 5) is 32.0. The molecule has 1 aliphatic rings. The molecule has 0 radical (unpaired) electrons. The number of rotatable bonds is 6. The molecular weight excluding hydrogens is 506 g/mol. The number of ether oxygens (including phenoxy) is 1. The molecule has 0 spiro atoms. The van der Waals surface area contributed by atoms with Gasteiger partial charge in [-0.2, -0.15) is 13.2 Å². The Labute approximate surface area is 207 Å². The third kappa shape index (κ3) is 6.19. The minimum Gasteiger partial charge on any atom is -0.436 e. The predicted molar refractivity (Wildman–Crippen MR) is 124 cm³/mol. The van der Waals surface area contributed by atoms with E-state index >= 15 is 0 Å². The van der Waals surface area contributed by atoms with Gasteiger partial charge in [-0.3, -0.25) is 4.79 Å². The molecule has 0 atom stereocenters. The second-order valence-electron chi connectivity index (χ2n) is 7.98. The summed E-state index contributed by atoms with van der Waals surface area (Å²) in [7, 11) is 0. The summed E-state index contributed by atoms with van der Waals surface area (Å²) in [6.07, 6.45) is -1.91. The molecule has 1 saturated carbocycles. The van der Waals surface area contributed by atoms with Crippen molar-refractivity contribution in [3.8, 4) is 11.6 Å². The van der Waals surface area contributed by atoms with Crippen LogP contribution in [-0.4, -0.2) is 21.9 Å². The number of hydrogen-bond acceptors (Lipinski definition) is 5. The maximum Gasteiger partial charge on any atom is 0.417 e. The summed E-state index contributed by atoms with van der Waals surface area (Å²) in [5.41, 5.74) is -0.811. The summed E-state index contributed by atoms with van der Waals surface area (Å²) in [6.45, 7) is 1.56. The van der Waals surface area contributed by atoms with Gasteiger partial charge in [-0.15, -0.1) is 0 Å². The zero-order chi connectivity index (χ0) is 26.0. The van der Waals surface area contributed by atoms with Gasteiger partial charge >= 0.3 is 12.2 Å². The van der Waals surface area contributed by atoms with E-state index in [4.69, 9.17) is 16.3 Å². The second-order valence-corrected chi connectivity index (χ2v) is 8.38. The Kier molecular flexibility index (Phi) is 6.97. The number of nitrogens with one attached hydrogen (secondary N) is 3. The Hall–Kier alpha value is -3.93. The number of amides is 3. The van der Waals surface area contributed by atoms with Gasteiger partial charge in [-0.05, 0) is 49.6 Å². The highest BCUT2D eigenvalue weighted by atomic mass is 35.5. The maximum absolute atomic E-state index is 14.7. The Morgan fingerprint density at radius 1 is 1.06 bits per heavy atom. The van der Waals surface area contributed by atoms with Crippen molar-refractivity contribution in [2.45, 2.75) is 25.9 Å². The number of halogens is 5. The van der Waals surface area contributed by atoms with Crippen molar-refractivity contribution in [3.05, 3.63) is 64.7 Å². The molecule has 1 heterocycles. The van der Waals surface area contributed by atoms with E-state index in [9.17, 15) is 27.2 Å². The molecule has 188 valence electrons. The van der Waals surface area contributed by atoms with E-state index in [-0.39, 0.29) is 40.6 Å². The first-order chi connectivity index (χ1) is 17.0. The van der Waals surface area contributed by atoms with Crippen molar-refractivity contribution in [2.24, 2.45) is 5.92 Å². The number of aromatic nitrogens is 2. The summed E-state index contributed by atoms with van der Waals surface area (Å²) in [5.74, 6) is -1.05. The molecule has 3 N–H and O–H groups in total. The average Bonchev–Trinajstić information content (AvgIpc) is 3.64. The van der Waals surface area contributed by atoms with E-state index in [0.29, 0.717) is 11.6 Å². The molecular formula is C23H18ClF4N5O3. The highest BCUT2D eigenvalue weighted by molar-refractivity contribution is 6.31. The minimum absolute atomic E-state index is 0.0175. The molecule has 1 aliphatic carbocycles. The standard InChI is InChI=1S/C23H18ClF4N5O3/c1-11-6-18(36-20-9-19(29-10-30-20)33-21(34)12-2-3-12)16(25)8-17(11)32-22(35)31-13-4-5-15(24)14(7-13)23(26,27)28/h4-10,12H,2-3H2,1H3,(H2,31,32,35)(H,29,30,33,34). The Morgan fingerprint density at radius 2 is 1.81 bits per heavy atom. The van der Waals surface area contributed by atoms with Crippen molar-refractivity contribution in [2.75, 3.05) is 16.0 Å². The lowest BCUT2D eigenvalue weighted by Gasteiger charge is -2.14. The molecule has 13 heteroatoms. The highest BCUT2D eigenvalue weighted by Gasteiger charge is 2.33. The summed E-state index contributed by atoms with van der Waals surface area (Å²) in [6, 6.07) is 5.64. The molecule has 1 fully saturated rings. The van der Waals surface area contributed by atoms with Crippen molar-refractivity contribution in [3.63, 3.8) is 0 Å². The first-order valence-corrected chi connectivity index (χ1v) is 10.9. The number of aryl methyl sites for hydroxylation is 1. The number of nitrogens with zero attached hydrogens (tertiary/aromatic N) is 2. The van der Waals surface area contributed by atoms with Crippen molar-refractivity contribution >= 4 is 40.7 Å². The molecule has 1 aromatic heterocycles. The Morgan fingerprint density at radius 3 is 2.50 bits per heavy atom. The number of carbonyl (C=O) groups excluding carboxylic acids is 2. The van der Waals surface area contributed by atoms with E-state index < -0.39 is 28.6 Å². The van der Waals surface area contributed by atoms with Crippen LogP contribution in [0.2, 0.25) is 5.02 Å². The maximum atomic E-state index is 14.7. The quantitative estimate of drug-likeness (QED) is 0.325. The number of alkyl halides is 3. The lowest BCUT2D eigenvalue weighted by molar-refractivity contribution is -0.137. The van der Waals surface area contributed by atoms with E-state index in [1.54, 1.807) is 6.92 Å². The molecule has 36 heavy (non-hydrogen) atoms. The number of urea groups is 1. The molecule has 3 amide bonds. The molecule has 0 bridgehead atoms. The van der Waals surface area contributed by atoms with Gasteiger partial charge in [0.1, 0.15) is 12.1 Å². The van der Waals surface area contributed by atoms with Crippen molar-refractivity contribution in [1.29, 1.82) is 0 Å². The van der Waals surface area contributed by atoms with Crippen LogP contribution in [0, 0.1) is 18.7 Å². The molecule has 8 nitrogen and oxygen atoms in total. The zero-order valence-electron chi connectivity index (χ0n) is 18.5. The van der Waals surface area contributed by atoms with Crippen molar-refractivity contribution < 1.29 is 31.9 Å². The molecule has 3 aromatic rings. The zero-order valence-corrected chi connectivity index (χ0v) is 19.3. The van der Waals surface area contributed by atoms with Crippen molar-refractivity contribution in [1.82, 2.24) is 9.97 Å². The predicted octanol–water partition coefficient (Wildman–Crippen LogP) is 6.38. The molecule has 4 rings (SSSR count). The van der Waals surface area contributed by atoms with Gasteiger partial charge in [-0.1, -0.05) is 11.6 Å². The number of hydrogen-bond donors (Lipinski definition) is 3. The van der Waals surface area contributed by atoms with E-state index in [1.165, 1.54) is 18.2 Å². The molecule has 0 unspecified atom stereocenters. The SMILES string of the molecule is Cc1cc(Oc2cc(NC(=O)C3CC3)ncn2)c(F)cc1NC(=O)Nc1ccc(Cl)c(C(F)(F)F)c1. The number of benzene rings is 2. The van der Waals surface area contributed by atoms with E-state index in [1.807, 2.05) is 0 Å². The van der Waals surface area contributed by atoms with Crippen LogP contribution in [0.5, 0.6) is 11.6 Å². The lowest BCUT2D eigenvalue weighted by atomic mass is 10.2. The van der Waals surface area contributed by atoms with Crippen LogP contribution < -0.4 is 20.7 Å². The third-order valence-electron chi connectivity index (χ3n) is 5.11. The van der Waals surface area contributed by atoms with Gasteiger partial charge in [0.2, 0.25) is 11.8 Å². The molecule has 0 aliphatic heterocycles. The van der Waals surface area contributed by atoms with Crippen LogP contribution in [0.1, 0.15) is 24.0 Å². The highest BCUT2D eigenvalue weighted by Crippen LogP contribution is 2.36. The summed E-state index contributed by atoms with van der Waals surface area (Å²) < 4.78 is 59.2. The van der Waals surface area contributed by atoms with Gasteiger partial charge in [0, 0.05) is 29.4 Å². The average molecular weight is 524 g/mol. The topological polar surface area (TPSA) is 105 Å². The van der Waals surface area contributed by atoms with Gasteiger partial charge < -0.3 is 20.7 Å². The van der Waals surface area contributed by atoms with Gasteiger partial charge in [0.15, 0.2) is 11.6 Å². The Balaban J connectivity index is 1.43. The monoisotopic (exact) mass is 523 g/mol. The smallest absolute Gasteiger partial charge is 0.417 e.